The SMILES string of the molecule is CC/C=C(/C)C(C)=N. The van der Waals surface area contributed by atoms with Crippen LogP contribution in [0.1, 0.15) is 27.2 Å². The lowest BCUT2D eigenvalue weighted by Crippen LogP contribution is -1.88. The maximum Gasteiger partial charge on any atom is 0.0308 e. The summed E-state index contributed by atoms with van der Waals surface area (Å²) >= 11 is 0. The Balaban J connectivity index is 3.80. The fraction of sp³-hybridized carbons (Fsp3) is 0.571. The van der Waals surface area contributed by atoms with Crippen LogP contribution in [0, 0.1) is 5.41 Å². The first-order chi connectivity index (χ1) is 3.68. The van der Waals surface area contributed by atoms with Gasteiger partial charge in [-0.25, -0.2) is 0 Å². The van der Waals surface area contributed by atoms with E-state index in [1.807, 2.05) is 13.8 Å². The largest absolute Gasteiger partial charge is 0.305 e. The summed E-state index contributed by atoms with van der Waals surface area (Å²) in [6.07, 6.45) is 3.09. The first-order valence-electron chi connectivity index (χ1n) is 2.90. The van der Waals surface area contributed by atoms with Crippen molar-refractivity contribution in [1.82, 2.24) is 0 Å². The molecule has 8 heavy (non-hydrogen) atoms. The Hall–Kier alpha value is -0.590. The lowest BCUT2D eigenvalue weighted by molar-refractivity contribution is 1.20. The van der Waals surface area contributed by atoms with Crippen LogP contribution in [-0.2, 0) is 0 Å². The average molecular weight is 111 g/mol. The minimum Gasteiger partial charge on any atom is -0.305 e. The first kappa shape index (κ1) is 7.41. The smallest absolute Gasteiger partial charge is 0.0308 e. The van der Waals surface area contributed by atoms with Gasteiger partial charge in [0.25, 0.3) is 0 Å². The van der Waals surface area contributed by atoms with Gasteiger partial charge in [-0.1, -0.05) is 13.0 Å². The highest BCUT2D eigenvalue weighted by atomic mass is 14.4. The molecule has 0 fully saturated rings. The van der Waals surface area contributed by atoms with Crippen LogP contribution in [0.3, 0.4) is 0 Å². The standard InChI is InChI=1S/C7H13N/c1-4-5-6(2)7(3)8/h5,8H,4H2,1-3H3/b6-5-,8-7?. The normalized spacial score (nSPS) is 11.6. The van der Waals surface area contributed by atoms with Crippen molar-refractivity contribution < 1.29 is 0 Å². The molecule has 1 nitrogen and oxygen atoms in total. The highest BCUT2D eigenvalue weighted by Gasteiger charge is 1.86. The van der Waals surface area contributed by atoms with Crippen molar-refractivity contribution >= 4 is 5.71 Å². The maximum absolute atomic E-state index is 7.14. The number of hydrogen-bond donors (Lipinski definition) is 1. The van der Waals surface area contributed by atoms with Gasteiger partial charge in [0.05, 0.1) is 0 Å². The van der Waals surface area contributed by atoms with E-state index in [4.69, 9.17) is 5.41 Å². The van der Waals surface area contributed by atoms with Crippen LogP contribution in [0.5, 0.6) is 0 Å². The lowest BCUT2D eigenvalue weighted by atomic mass is 10.2. The molecule has 0 amide bonds. The van der Waals surface area contributed by atoms with Crippen molar-refractivity contribution in [3.05, 3.63) is 11.6 Å². The van der Waals surface area contributed by atoms with Gasteiger partial charge in [-0.2, -0.15) is 0 Å². The second-order valence-corrected chi connectivity index (χ2v) is 1.92. The van der Waals surface area contributed by atoms with Crippen molar-refractivity contribution in [2.45, 2.75) is 27.2 Å². The van der Waals surface area contributed by atoms with Crippen LogP contribution in [0.4, 0.5) is 0 Å². The van der Waals surface area contributed by atoms with E-state index in [-0.39, 0.29) is 0 Å². The molecule has 1 N–H and O–H groups in total. The zero-order chi connectivity index (χ0) is 6.57. The van der Waals surface area contributed by atoms with E-state index in [2.05, 4.69) is 13.0 Å². The van der Waals surface area contributed by atoms with Gasteiger partial charge in [0.2, 0.25) is 0 Å². The van der Waals surface area contributed by atoms with Gasteiger partial charge in [-0.3, -0.25) is 0 Å². The van der Waals surface area contributed by atoms with E-state index in [1.165, 1.54) is 0 Å². The van der Waals surface area contributed by atoms with Crippen LogP contribution >= 0.6 is 0 Å². The van der Waals surface area contributed by atoms with Crippen molar-refractivity contribution in [2.75, 3.05) is 0 Å². The predicted molar refractivity (Wildman–Crippen MR) is 37.4 cm³/mol. The summed E-state index contributed by atoms with van der Waals surface area (Å²) in [6, 6.07) is 0. The van der Waals surface area contributed by atoms with Gasteiger partial charge in [-0.05, 0) is 25.8 Å². The van der Waals surface area contributed by atoms with E-state index in [0.29, 0.717) is 5.71 Å². The molecule has 0 saturated heterocycles. The zero-order valence-electron chi connectivity index (χ0n) is 5.78. The van der Waals surface area contributed by atoms with Gasteiger partial charge >= 0.3 is 0 Å². The van der Waals surface area contributed by atoms with Gasteiger partial charge in [0.1, 0.15) is 0 Å². The van der Waals surface area contributed by atoms with E-state index in [9.17, 15) is 0 Å². The second kappa shape index (κ2) is 3.42. The molecule has 0 aromatic rings. The Labute approximate surface area is 50.9 Å². The van der Waals surface area contributed by atoms with E-state index in [0.717, 1.165) is 12.0 Å². The second-order valence-electron chi connectivity index (χ2n) is 1.92. The number of rotatable bonds is 2. The lowest BCUT2D eigenvalue weighted by Gasteiger charge is -1.92. The molecule has 0 aromatic heterocycles. The Bertz CT molecular complexity index is 112. The summed E-state index contributed by atoms with van der Waals surface area (Å²) in [7, 11) is 0. The van der Waals surface area contributed by atoms with Crippen LogP contribution in [0.2, 0.25) is 0 Å². The van der Waals surface area contributed by atoms with Crippen molar-refractivity contribution in [3.8, 4) is 0 Å². The summed E-state index contributed by atoms with van der Waals surface area (Å²) < 4.78 is 0. The van der Waals surface area contributed by atoms with Crippen LogP contribution in [0.25, 0.3) is 0 Å². The van der Waals surface area contributed by atoms with E-state index in [1.54, 1.807) is 0 Å². The Morgan fingerprint density at radius 1 is 1.50 bits per heavy atom. The quantitative estimate of drug-likeness (QED) is 0.529. The maximum atomic E-state index is 7.14. The molecular formula is C7H13N. The third-order valence-corrected chi connectivity index (χ3v) is 1.10. The zero-order valence-corrected chi connectivity index (χ0v) is 5.78. The summed E-state index contributed by atoms with van der Waals surface area (Å²) in [6.45, 7) is 5.85. The van der Waals surface area contributed by atoms with Crippen molar-refractivity contribution in [1.29, 1.82) is 5.41 Å². The molecule has 46 valence electrons. The van der Waals surface area contributed by atoms with Crippen molar-refractivity contribution in [2.24, 2.45) is 0 Å². The number of allylic oxidation sites excluding steroid dienone is 2. The Morgan fingerprint density at radius 2 is 2.00 bits per heavy atom. The molecule has 0 atom stereocenters. The minimum absolute atomic E-state index is 0.673. The van der Waals surface area contributed by atoms with Gasteiger partial charge in [0, 0.05) is 5.71 Å². The molecule has 0 aliphatic heterocycles. The van der Waals surface area contributed by atoms with E-state index < -0.39 is 0 Å². The molecule has 1 heteroatoms. The molecule has 0 saturated carbocycles. The number of hydrogen-bond acceptors (Lipinski definition) is 1. The third-order valence-electron chi connectivity index (χ3n) is 1.10. The predicted octanol–water partition coefficient (Wildman–Crippen LogP) is 2.38. The molecular weight excluding hydrogens is 98.1 g/mol. The molecule has 0 bridgehead atoms. The molecule has 0 aromatic carbocycles. The Kier molecular flexibility index (Phi) is 3.16. The molecule has 0 rings (SSSR count). The van der Waals surface area contributed by atoms with Gasteiger partial charge in [0.15, 0.2) is 0 Å². The summed E-state index contributed by atoms with van der Waals surface area (Å²) in [5, 5.41) is 7.14. The van der Waals surface area contributed by atoms with Crippen molar-refractivity contribution in [3.63, 3.8) is 0 Å². The number of nitrogens with one attached hydrogen (secondary N) is 1. The highest BCUT2D eigenvalue weighted by Crippen LogP contribution is 1.94. The van der Waals surface area contributed by atoms with Gasteiger partial charge in [-0.15, -0.1) is 0 Å². The van der Waals surface area contributed by atoms with Crippen LogP contribution in [0.15, 0.2) is 11.6 Å². The Morgan fingerprint density at radius 3 is 2.12 bits per heavy atom. The summed E-state index contributed by atoms with van der Waals surface area (Å²) in [5.41, 5.74) is 1.76. The van der Waals surface area contributed by atoms with Crippen LogP contribution in [-0.4, -0.2) is 5.71 Å². The summed E-state index contributed by atoms with van der Waals surface area (Å²) in [4.78, 5) is 0. The molecule has 0 aliphatic carbocycles. The van der Waals surface area contributed by atoms with Crippen LogP contribution < -0.4 is 0 Å². The fourth-order valence-corrected chi connectivity index (χ4v) is 0.459. The molecule has 0 aliphatic rings. The monoisotopic (exact) mass is 111 g/mol. The molecule has 0 spiro atoms. The molecule has 0 heterocycles. The molecule has 0 unspecified atom stereocenters. The average Bonchev–Trinajstić information content (AvgIpc) is 1.67. The van der Waals surface area contributed by atoms with E-state index >= 15 is 0 Å². The third kappa shape index (κ3) is 2.56. The molecule has 0 radical (unpaired) electrons. The van der Waals surface area contributed by atoms with Gasteiger partial charge < -0.3 is 5.41 Å². The highest BCUT2D eigenvalue weighted by molar-refractivity contribution is 5.94. The topological polar surface area (TPSA) is 23.9 Å². The minimum atomic E-state index is 0.673. The summed E-state index contributed by atoms with van der Waals surface area (Å²) in [5.74, 6) is 0. The first-order valence-corrected chi connectivity index (χ1v) is 2.90. The fourth-order valence-electron chi connectivity index (χ4n) is 0.459.